The Bertz CT molecular complexity index is 1560. The van der Waals surface area contributed by atoms with Gasteiger partial charge in [-0.3, -0.25) is 4.79 Å². The molecular weight excluding hydrogens is 983 g/mol. The monoisotopic (exact) mass is 1110 g/mol. The minimum Gasteiger partial charge on any atom is -0.394 e. The van der Waals surface area contributed by atoms with Crippen molar-refractivity contribution in [2.75, 3.05) is 13.2 Å². The van der Waals surface area contributed by atoms with E-state index >= 15 is 0 Å². The van der Waals surface area contributed by atoms with Crippen LogP contribution in [0.5, 0.6) is 0 Å². The molecule has 0 bridgehead atoms. The van der Waals surface area contributed by atoms with E-state index in [1.165, 1.54) is 173 Å². The lowest BCUT2D eigenvalue weighted by molar-refractivity contribution is -0.302. The second-order valence-corrected chi connectivity index (χ2v) is 22.5. The van der Waals surface area contributed by atoms with Crippen molar-refractivity contribution in [2.24, 2.45) is 0 Å². The molecule has 1 rings (SSSR count). The summed E-state index contributed by atoms with van der Waals surface area (Å²) in [6, 6.07) is -0.832. The van der Waals surface area contributed by atoms with Gasteiger partial charge in [0, 0.05) is 6.42 Å². The summed E-state index contributed by atoms with van der Waals surface area (Å²) in [5.41, 5.74) is 0. The number of amides is 1. The topological polar surface area (TPSA) is 149 Å². The number of carbonyl (C=O) groups excluding carboxylic acids is 1. The van der Waals surface area contributed by atoms with E-state index < -0.39 is 49.5 Å². The van der Waals surface area contributed by atoms with Crippen molar-refractivity contribution < 1.29 is 39.8 Å². The average Bonchev–Trinajstić information content (AvgIpc) is 3.47. The summed E-state index contributed by atoms with van der Waals surface area (Å²) < 4.78 is 11.3. The van der Waals surface area contributed by atoms with Crippen LogP contribution < -0.4 is 5.32 Å². The number of ether oxygens (including phenoxy) is 2. The number of carbonyl (C=O) groups is 1. The summed E-state index contributed by atoms with van der Waals surface area (Å²) in [5.74, 6) is -0.193. The number of hydrogen-bond donors (Lipinski definition) is 6. The summed E-state index contributed by atoms with van der Waals surface area (Å²) >= 11 is 0. The van der Waals surface area contributed by atoms with Crippen LogP contribution in [0.15, 0.2) is 97.2 Å². The van der Waals surface area contributed by atoms with Gasteiger partial charge in [-0.15, -0.1) is 0 Å². The molecule has 7 unspecified atom stereocenters. The second kappa shape index (κ2) is 58.3. The first kappa shape index (κ1) is 74.1. The van der Waals surface area contributed by atoms with Gasteiger partial charge in [0.25, 0.3) is 0 Å². The highest BCUT2D eigenvalue weighted by Gasteiger charge is 2.44. The van der Waals surface area contributed by atoms with Crippen molar-refractivity contribution in [3.63, 3.8) is 0 Å². The molecule has 6 N–H and O–H groups in total. The van der Waals surface area contributed by atoms with E-state index in [0.717, 1.165) is 89.9 Å². The van der Waals surface area contributed by atoms with Gasteiger partial charge in [-0.25, -0.2) is 0 Å². The second-order valence-electron chi connectivity index (χ2n) is 22.5. The minimum absolute atomic E-state index is 0.193. The third-order valence-electron chi connectivity index (χ3n) is 15.1. The van der Waals surface area contributed by atoms with Gasteiger partial charge in [0.1, 0.15) is 24.4 Å². The van der Waals surface area contributed by atoms with E-state index in [2.05, 4.69) is 104 Å². The van der Waals surface area contributed by atoms with Crippen molar-refractivity contribution >= 4 is 5.91 Å². The summed E-state index contributed by atoms with van der Waals surface area (Å²) in [7, 11) is 0. The lowest BCUT2D eigenvalue weighted by atomic mass is 9.99. The van der Waals surface area contributed by atoms with Crippen LogP contribution in [-0.4, -0.2) is 87.5 Å². The van der Waals surface area contributed by atoms with Gasteiger partial charge < -0.3 is 40.3 Å². The Hall–Kier alpha value is -2.89. The molecule has 9 nitrogen and oxygen atoms in total. The smallest absolute Gasteiger partial charge is 0.220 e. The Kier molecular flexibility index (Phi) is 54.7. The van der Waals surface area contributed by atoms with Crippen LogP contribution in [0.3, 0.4) is 0 Å². The fourth-order valence-electron chi connectivity index (χ4n) is 10.0. The quantitative estimate of drug-likeness (QED) is 0.0261. The Balaban J connectivity index is 2.20. The van der Waals surface area contributed by atoms with Crippen LogP contribution in [0.2, 0.25) is 0 Å². The largest absolute Gasteiger partial charge is 0.394 e. The molecule has 0 aromatic heterocycles. The van der Waals surface area contributed by atoms with Crippen molar-refractivity contribution in [2.45, 2.75) is 326 Å². The van der Waals surface area contributed by atoms with Gasteiger partial charge in [0.2, 0.25) is 5.91 Å². The highest BCUT2D eigenvalue weighted by atomic mass is 16.7. The molecule has 79 heavy (non-hydrogen) atoms. The third-order valence-corrected chi connectivity index (χ3v) is 15.1. The van der Waals surface area contributed by atoms with E-state index in [-0.39, 0.29) is 12.5 Å². The van der Waals surface area contributed by atoms with Crippen LogP contribution in [0.4, 0.5) is 0 Å². The molecule has 7 atom stereocenters. The van der Waals surface area contributed by atoms with Gasteiger partial charge in [0.05, 0.1) is 25.4 Å². The van der Waals surface area contributed by atoms with Crippen LogP contribution in [0, 0.1) is 0 Å². The molecule has 1 aliphatic heterocycles. The minimum atomic E-state index is -1.58. The molecule has 0 aliphatic carbocycles. The van der Waals surface area contributed by atoms with Gasteiger partial charge in [-0.1, -0.05) is 291 Å². The first-order valence-corrected chi connectivity index (χ1v) is 33.0. The molecular formula is C70H123NO8. The predicted octanol–water partition coefficient (Wildman–Crippen LogP) is 17.5. The highest BCUT2D eigenvalue weighted by molar-refractivity contribution is 5.76. The molecule has 9 heteroatoms. The van der Waals surface area contributed by atoms with E-state index in [4.69, 9.17) is 9.47 Å². The molecule has 1 heterocycles. The molecule has 0 aromatic carbocycles. The van der Waals surface area contributed by atoms with E-state index in [9.17, 15) is 30.3 Å². The Morgan fingerprint density at radius 1 is 0.443 bits per heavy atom. The fraction of sp³-hybridized carbons (Fsp3) is 0.757. The van der Waals surface area contributed by atoms with Crippen LogP contribution in [0.1, 0.15) is 284 Å². The fourth-order valence-corrected chi connectivity index (χ4v) is 10.0. The van der Waals surface area contributed by atoms with Gasteiger partial charge in [-0.2, -0.15) is 0 Å². The zero-order valence-corrected chi connectivity index (χ0v) is 50.9. The van der Waals surface area contributed by atoms with E-state index in [1.54, 1.807) is 6.08 Å². The Morgan fingerprint density at radius 2 is 0.797 bits per heavy atom. The van der Waals surface area contributed by atoms with E-state index in [1.807, 2.05) is 6.08 Å². The molecule has 1 saturated heterocycles. The lowest BCUT2D eigenvalue weighted by Gasteiger charge is -2.40. The van der Waals surface area contributed by atoms with Crippen LogP contribution >= 0.6 is 0 Å². The van der Waals surface area contributed by atoms with Crippen LogP contribution in [-0.2, 0) is 14.3 Å². The number of allylic oxidation sites excluding steroid dienone is 15. The van der Waals surface area contributed by atoms with Crippen molar-refractivity contribution in [1.29, 1.82) is 0 Å². The van der Waals surface area contributed by atoms with Crippen molar-refractivity contribution in [3.8, 4) is 0 Å². The predicted molar refractivity (Wildman–Crippen MR) is 336 cm³/mol. The molecule has 0 radical (unpaired) electrons. The number of rotatable bonds is 56. The molecule has 1 aliphatic rings. The Labute approximate surface area is 485 Å². The summed E-state index contributed by atoms with van der Waals surface area (Å²) in [6.45, 7) is 3.67. The maximum Gasteiger partial charge on any atom is 0.220 e. The number of aliphatic hydroxyl groups is 5. The molecule has 0 spiro atoms. The highest BCUT2D eigenvalue weighted by Crippen LogP contribution is 2.23. The van der Waals surface area contributed by atoms with Gasteiger partial charge in [-0.05, 0) is 83.5 Å². The lowest BCUT2D eigenvalue weighted by Crippen LogP contribution is -2.60. The normalized spacial score (nSPS) is 19.2. The number of aliphatic hydroxyl groups excluding tert-OH is 5. The van der Waals surface area contributed by atoms with Crippen LogP contribution in [0.25, 0.3) is 0 Å². The zero-order chi connectivity index (χ0) is 57.2. The molecule has 0 saturated carbocycles. The first-order valence-electron chi connectivity index (χ1n) is 33.0. The summed E-state index contributed by atoms with van der Waals surface area (Å²) in [6.07, 6.45) is 77.8. The SMILES string of the molecule is CC/C=C\C/C=C\C/C=C\C/C=C\C/C=C\C/C=C\CCCCCCCCCCCCC(=O)NC(COC1OC(CO)C(O)C(O)C1O)C(O)/C=C/CC/C=C/CCCCCCCCCCCCCCCCCCCCCCC. The third kappa shape index (κ3) is 47.3. The number of hydrogen-bond acceptors (Lipinski definition) is 8. The average molecular weight is 1110 g/mol. The van der Waals surface area contributed by atoms with Gasteiger partial charge >= 0.3 is 0 Å². The van der Waals surface area contributed by atoms with Gasteiger partial charge in [0.15, 0.2) is 6.29 Å². The zero-order valence-electron chi connectivity index (χ0n) is 50.9. The maximum absolute atomic E-state index is 13.1. The number of nitrogens with one attached hydrogen (secondary N) is 1. The maximum atomic E-state index is 13.1. The standard InChI is InChI=1S/C70H123NO8/c1-3-5-7-9-11-13-15-17-19-21-23-25-27-29-31-32-34-36-38-40-42-44-46-48-50-52-54-56-58-60-66(74)71-63(62-78-70-69(77)68(76)67(75)65(61-72)79-70)64(73)59-57-55-53-51-49-47-45-43-41-39-37-35-33-30-28-26-24-22-20-18-16-14-12-10-8-6-4-2/h5,7,11,13,17,19,23,25,29,31,34,36,49,51,57,59,63-65,67-70,72-73,75-77H,3-4,6,8-10,12,14-16,18,20-22,24,26-28,30,32-33,35,37-48,50,52-56,58,60-62H2,1-2H3,(H,71,74)/b7-5-,13-11-,19-17-,25-23-,31-29-,36-34-,51-49+,59-57+. The van der Waals surface area contributed by atoms with E-state index in [0.29, 0.717) is 6.42 Å². The molecule has 1 amide bonds. The molecule has 1 fully saturated rings. The molecule has 456 valence electrons. The molecule has 0 aromatic rings. The summed E-state index contributed by atoms with van der Waals surface area (Å²) in [4.78, 5) is 13.1. The first-order chi connectivity index (χ1) is 38.8. The summed E-state index contributed by atoms with van der Waals surface area (Å²) in [5, 5.41) is 54.7. The van der Waals surface area contributed by atoms with Crippen molar-refractivity contribution in [1.82, 2.24) is 5.32 Å². The Morgan fingerprint density at radius 3 is 1.22 bits per heavy atom. The van der Waals surface area contributed by atoms with Crippen molar-refractivity contribution in [3.05, 3.63) is 97.2 Å². The number of unbranched alkanes of at least 4 members (excludes halogenated alkanes) is 32.